The SMILES string of the molecule is COc1ccc(-c2cc(N3CC(CS(=O)(=O)F)CC3=O)on2)cc1. The van der Waals surface area contributed by atoms with Gasteiger partial charge in [0.15, 0.2) is 0 Å². The molecule has 1 saturated heterocycles. The second kappa shape index (κ2) is 6.23. The Morgan fingerprint density at radius 2 is 2.08 bits per heavy atom. The van der Waals surface area contributed by atoms with E-state index < -0.39 is 21.9 Å². The molecule has 0 radical (unpaired) electrons. The maximum atomic E-state index is 12.8. The van der Waals surface area contributed by atoms with Gasteiger partial charge in [0.25, 0.3) is 0 Å². The molecule has 1 fully saturated rings. The molecular formula is C15H15FN2O5S. The quantitative estimate of drug-likeness (QED) is 0.763. The third-order valence-corrected chi connectivity index (χ3v) is 4.66. The van der Waals surface area contributed by atoms with E-state index in [0.29, 0.717) is 11.4 Å². The number of benzene rings is 1. The number of aromatic nitrogens is 1. The molecule has 9 heteroatoms. The largest absolute Gasteiger partial charge is 0.497 e. The summed E-state index contributed by atoms with van der Waals surface area (Å²) in [6.45, 7) is 0.0826. The fourth-order valence-corrected chi connectivity index (χ4v) is 3.46. The fourth-order valence-electron chi connectivity index (χ4n) is 2.68. The summed E-state index contributed by atoms with van der Waals surface area (Å²) in [6.07, 6.45) is -0.0400. The van der Waals surface area contributed by atoms with Crippen LogP contribution in [0.2, 0.25) is 0 Å². The van der Waals surface area contributed by atoms with Crippen LogP contribution in [-0.4, -0.2) is 38.9 Å². The van der Waals surface area contributed by atoms with Crippen molar-refractivity contribution >= 4 is 22.0 Å². The van der Waals surface area contributed by atoms with E-state index in [-0.39, 0.29) is 24.8 Å². The molecule has 0 bridgehead atoms. The van der Waals surface area contributed by atoms with E-state index in [9.17, 15) is 17.1 Å². The third-order valence-electron chi connectivity index (χ3n) is 3.79. The number of anilines is 1. The van der Waals surface area contributed by atoms with Crippen molar-refractivity contribution < 1.29 is 26.4 Å². The number of ether oxygens (including phenoxy) is 1. The Morgan fingerprint density at radius 3 is 2.71 bits per heavy atom. The van der Waals surface area contributed by atoms with Gasteiger partial charge in [-0.3, -0.25) is 9.69 Å². The standard InChI is InChI=1S/C15H15FN2O5S/c1-22-12-4-2-11(3-5-12)13-7-15(23-17-13)18-8-10(6-14(18)19)9-24(16,20)21/h2-5,7,10H,6,8-9H2,1H3. The number of carbonyl (C=O) groups excluding carboxylic acids is 1. The average molecular weight is 354 g/mol. The Labute approximate surface area is 138 Å². The molecule has 1 aliphatic rings. The zero-order valence-corrected chi connectivity index (χ0v) is 13.6. The molecule has 1 aromatic heterocycles. The van der Waals surface area contributed by atoms with E-state index in [1.807, 2.05) is 0 Å². The molecule has 3 rings (SSSR count). The number of nitrogens with zero attached hydrogens (tertiary/aromatic N) is 2. The number of hydrogen-bond acceptors (Lipinski definition) is 6. The van der Waals surface area contributed by atoms with Crippen molar-refractivity contribution in [3.63, 3.8) is 0 Å². The van der Waals surface area contributed by atoms with Gasteiger partial charge < -0.3 is 9.26 Å². The van der Waals surface area contributed by atoms with Crippen LogP contribution in [0.5, 0.6) is 5.75 Å². The van der Waals surface area contributed by atoms with Crippen LogP contribution >= 0.6 is 0 Å². The number of halogens is 1. The first kappa shape index (κ1) is 16.4. The van der Waals surface area contributed by atoms with Crippen molar-refractivity contribution in [3.8, 4) is 17.0 Å². The Morgan fingerprint density at radius 1 is 1.38 bits per heavy atom. The highest BCUT2D eigenvalue weighted by Gasteiger charge is 2.35. The van der Waals surface area contributed by atoms with Gasteiger partial charge in [0.05, 0.1) is 12.9 Å². The normalized spacial score (nSPS) is 18.2. The van der Waals surface area contributed by atoms with E-state index >= 15 is 0 Å². The fraction of sp³-hybridized carbons (Fsp3) is 0.333. The second-order valence-corrected chi connectivity index (χ2v) is 6.97. The van der Waals surface area contributed by atoms with Crippen LogP contribution in [0.25, 0.3) is 11.3 Å². The van der Waals surface area contributed by atoms with Crippen LogP contribution < -0.4 is 9.64 Å². The topological polar surface area (TPSA) is 89.7 Å². The highest BCUT2D eigenvalue weighted by atomic mass is 32.3. The van der Waals surface area contributed by atoms with E-state index in [1.165, 1.54) is 4.90 Å². The minimum absolute atomic E-state index is 0.0400. The lowest BCUT2D eigenvalue weighted by Gasteiger charge is -2.11. The molecule has 0 aliphatic carbocycles. The minimum Gasteiger partial charge on any atom is -0.497 e. The smallest absolute Gasteiger partial charge is 0.302 e. The molecule has 1 aromatic carbocycles. The van der Waals surface area contributed by atoms with Crippen LogP contribution in [0.1, 0.15) is 6.42 Å². The molecular weight excluding hydrogens is 339 g/mol. The summed E-state index contributed by atoms with van der Waals surface area (Å²) in [6, 6.07) is 8.72. The maximum Gasteiger partial charge on any atom is 0.302 e. The monoisotopic (exact) mass is 354 g/mol. The number of hydrogen-bond donors (Lipinski definition) is 0. The molecule has 24 heavy (non-hydrogen) atoms. The number of amides is 1. The van der Waals surface area contributed by atoms with Crippen LogP contribution in [0.3, 0.4) is 0 Å². The molecule has 0 N–H and O–H groups in total. The van der Waals surface area contributed by atoms with Gasteiger partial charge in [0.1, 0.15) is 11.4 Å². The van der Waals surface area contributed by atoms with E-state index in [4.69, 9.17) is 9.26 Å². The summed E-state index contributed by atoms with van der Waals surface area (Å²) < 4.78 is 44.5. The highest BCUT2D eigenvalue weighted by Crippen LogP contribution is 2.30. The van der Waals surface area contributed by atoms with Gasteiger partial charge in [-0.25, -0.2) is 0 Å². The van der Waals surface area contributed by atoms with Gasteiger partial charge >= 0.3 is 10.2 Å². The first-order valence-electron chi connectivity index (χ1n) is 7.19. The number of methoxy groups -OCH3 is 1. The van der Waals surface area contributed by atoms with E-state index in [0.717, 1.165) is 5.56 Å². The van der Waals surface area contributed by atoms with E-state index in [2.05, 4.69) is 5.16 Å². The lowest BCUT2D eigenvalue weighted by Crippen LogP contribution is -2.24. The predicted molar refractivity (Wildman–Crippen MR) is 83.8 cm³/mol. The summed E-state index contributed by atoms with van der Waals surface area (Å²) in [5.74, 6) is -0.672. The zero-order chi connectivity index (χ0) is 17.3. The van der Waals surface area contributed by atoms with Gasteiger partial charge in [-0.1, -0.05) is 5.16 Å². The Hall–Kier alpha value is -2.42. The lowest BCUT2D eigenvalue weighted by molar-refractivity contribution is -0.117. The van der Waals surface area contributed by atoms with Crippen LogP contribution in [0.4, 0.5) is 9.77 Å². The number of carbonyl (C=O) groups is 1. The molecule has 1 aliphatic heterocycles. The summed E-state index contributed by atoms with van der Waals surface area (Å²) in [7, 11) is -3.05. The van der Waals surface area contributed by atoms with Crippen molar-refractivity contribution in [1.82, 2.24) is 5.16 Å². The van der Waals surface area contributed by atoms with Crippen LogP contribution in [0, 0.1) is 5.92 Å². The average Bonchev–Trinajstić information content (AvgIpc) is 3.12. The van der Waals surface area contributed by atoms with Crippen molar-refractivity contribution in [2.24, 2.45) is 5.92 Å². The summed E-state index contributed by atoms with van der Waals surface area (Å²) in [5, 5.41) is 3.92. The summed E-state index contributed by atoms with van der Waals surface area (Å²) in [5.41, 5.74) is 1.31. The first-order chi connectivity index (χ1) is 11.4. The number of rotatable bonds is 5. The summed E-state index contributed by atoms with van der Waals surface area (Å²) in [4.78, 5) is 13.3. The second-order valence-electron chi connectivity index (χ2n) is 5.56. The minimum atomic E-state index is -4.62. The summed E-state index contributed by atoms with van der Waals surface area (Å²) >= 11 is 0. The Balaban J connectivity index is 1.76. The van der Waals surface area contributed by atoms with Gasteiger partial charge in [-0.2, -0.15) is 8.42 Å². The molecule has 1 atom stereocenters. The zero-order valence-electron chi connectivity index (χ0n) is 12.8. The van der Waals surface area contributed by atoms with Crippen molar-refractivity contribution in [2.45, 2.75) is 6.42 Å². The first-order valence-corrected chi connectivity index (χ1v) is 8.75. The Bertz CT molecular complexity index is 847. The molecule has 2 aromatic rings. The van der Waals surface area contributed by atoms with Crippen molar-refractivity contribution in [1.29, 1.82) is 0 Å². The predicted octanol–water partition coefficient (Wildman–Crippen LogP) is 2.00. The van der Waals surface area contributed by atoms with Gasteiger partial charge in [-0.15, -0.1) is 3.89 Å². The lowest BCUT2D eigenvalue weighted by atomic mass is 10.1. The van der Waals surface area contributed by atoms with Crippen LogP contribution in [0.15, 0.2) is 34.9 Å². The van der Waals surface area contributed by atoms with E-state index in [1.54, 1.807) is 37.4 Å². The molecule has 0 saturated carbocycles. The Kier molecular flexibility index (Phi) is 4.27. The van der Waals surface area contributed by atoms with Gasteiger partial charge in [0, 0.05) is 30.5 Å². The molecule has 128 valence electrons. The third kappa shape index (κ3) is 3.56. The van der Waals surface area contributed by atoms with Crippen LogP contribution in [-0.2, 0) is 15.0 Å². The van der Waals surface area contributed by atoms with Crippen molar-refractivity contribution in [3.05, 3.63) is 30.3 Å². The highest BCUT2D eigenvalue weighted by molar-refractivity contribution is 7.86. The molecule has 1 amide bonds. The molecule has 0 spiro atoms. The molecule has 1 unspecified atom stereocenters. The molecule has 7 nitrogen and oxygen atoms in total. The van der Waals surface area contributed by atoms with Gasteiger partial charge in [-0.05, 0) is 24.3 Å². The van der Waals surface area contributed by atoms with Gasteiger partial charge in [0.2, 0.25) is 11.8 Å². The van der Waals surface area contributed by atoms with Crippen molar-refractivity contribution in [2.75, 3.05) is 24.3 Å². The molecule has 2 heterocycles. The maximum absolute atomic E-state index is 12.8.